The fourth-order valence-electron chi connectivity index (χ4n) is 5.02. The molecule has 0 saturated carbocycles. The van der Waals surface area contributed by atoms with Crippen LogP contribution in [-0.2, 0) is 16.1 Å². The molecule has 2 heterocycles. The highest BCUT2D eigenvalue weighted by atomic mass is 32.1. The van der Waals surface area contributed by atoms with Gasteiger partial charge in [0.15, 0.2) is 16.3 Å². The molecule has 0 amide bonds. The molecule has 1 atom stereocenters. The maximum absolute atomic E-state index is 14.1. The molecule has 5 rings (SSSR count). The first kappa shape index (κ1) is 31.3. The zero-order chi connectivity index (χ0) is 32.1. The Kier molecular flexibility index (Phi) is 9.48. The van der Waals surface area contributed by atoms with E-state index in [1.165, 1.54) is 28.0 Å². The summed E-state index contributed by atoms with van der Waals surface area (Å²) < 4.78 is 24.7. The molecule has 0 fully saturated rings. The van der Waals surface area contributed by atoms with Crippen LogP contribution in [0.1, 0.15) is 53.9 Å². The molecule has 45 heavy (non-hydrogen) atoms. The van der Waals surface area contributed by atoms with E-state index in [0.717, 1.165) is 5.56 Å². The Morgan fingerprint density at radius 3 is 2.42 bits per heavy atom. The maximum atomic E-state index is 14.1. The SMILES string of the molecule is CCOC(=O)C1=C(C)N=c2s/c(=C\c3ccccc3OCc3ccc(C(=O)O)cc3)c(=O)n2[C@H]1c1ccc(OC)c(OCC)c1. The van der Waals surface area contributed by atoms with Crippen molar-refractivity contribution in [2.75, 3.05) is 20.3 Å². The Morgan fingerprint density at radius 1 is 0.978 bits per heavy atom. The number of hydrogen-bond donors (Lipinski definition) is 1. The quantitative estimate of drug-likeness (QED) is 0.241. The van der Waals surface area contributed by atoms with Gasteiger partial charge in [0.1, 0.15) is 12.4 Å². The van der Waals surface area contributed by atoms with E-state index in [4.69, 9.17) is 24.1 Å². The summed E-state index contributed by atoms with van der Waals surface area (Å²) in [5.41, 5.74) is 2.69. The third kappa shape index (κ3) is 6.53. The van der Waals surface area contributed by atoms with E-state index in [1.54, 1.807) is 63.4 Å². The number of nitrogens with zero attached hydrogens (tertiary/aromatic N) is 2. The molecule has 1 N–H and O–H groups in total. The van der Waals surface area contributed by atoms with Crippen LogP contribution in [-0.4, -0.2) is 41.9 Å². The molecule has 0 saturated heterocycles. The molecule has 0 unspecified atom stereocenters. The number of carbonyl (C=O) groups is 2. The number of aromatic nitrogens is 1. The van der Waals surface area contributed by atoms with E-state index in [9.17, 15) is 14.4 Å². The number of ether oxygens (including phenoxy) is 4. The minimum absolute atomic E-state index is 0.167. The van der Waals surface area contributed by atoms with Crippen LogP contribution in [0.4, 0.5) is 0 Å². The van der Waals surface area contributed by atoms with Crippen LogP contribution in [0.3, 0.4) is 0 Å². The second-order valence-electron chi connectivity index (χ2n) is 9.97. The molecule has 1 aliphatic heterocycles. The average Bonchev–Trinajstić information content (AvgIpc) is 3.34. The first-order chi connectivity index (χ1) is 21.7. The number of carboxylic acid groups (broad SMARTS) is 1. The lowest BCUT2D eigenvalue weighted by molar-refractivity contribution is -0.139. The molecule has 4 aromatic rings. The van der Waals surface area contributed by atoms with E-state index in [2.05, 4.69) is 4.99 Å². The van der Waals surface area contributed by atoms with Crippen LogP contribution in [0.2, 0.25) is 0 Å². The Hall–Kier alpha value is -5.16. The lowest BCUT2D eigenvalue weighted by atomic mass is 9.95. The van der Waals surface area contributed by atoms with E-state index >= 15 is 0 Å². The summed E-state index contributed by atoms with van der Waals surface area (Å²) in [7, 11) is 1.55. The number of fused-ring (bicyclic) bond motifs is 1. The highest BCUT2D eigenvalue weighted by molar-refractivity contribution is 7.07. The first-order valence-corrected chi connectivity index (χ1v) is 15.1. The minimum Gasteiger partial charge on any atom is -0.493 e. The zero-order valence-corrected chi connectivity index (χ0v) is 26.1. The van der Waals surface area contributed by atoms with Gasteiger partial charge in [-0.05, 0) is 68.3 Å². The van der Waals surface area contributed by atoms with Crippen molar-refractivity contribution in [2.45, 2.75) is 33.4 Å². The summed E-state index contributed by atoms with van der Waals surface area (Å²) in [6.45, 7) is 6.09. The topological polar surface area (TPSA) is 126 Å². The van der Waals surface area contributed by atoms with Crippen LogP contribution < -0.4 is 29.1 Å². The number of rotatable bonds is 11. The summed E-state index contributed by atoms with van der Waals surface area (Å²) >= 11 is 1.21. The first-order valence-electron chi connectivity index (χ1n) is 14.3. The Balaban J connectivity index is 1.58. The zero-order valence-electron chi connectivity index (χ0n) is 25.2. The van der Waals surface area contributed by atoms with Crippen molar-refractivity contribution in [1.29, 1.82) is 0 Å². The van der Waals surface area contributed by atoms with Gasteiger partial charge in [0.2, 0.25) is 0 Å². The van der Waals surface area contributed by atoms with Gasteiger partial charge >= 0.3 is 11.9 Å². The molecule has 10 nitrogen and oxygen atoms in total. The Labute approximate surface area is 263 Å². The van der Waals surface area contributed by atoms with Gasteiger partial charge in [-0.3, -0.25) is 9.36 Å². The Morgan fingerprint density at radius 2 is 1.73 bits per heavy atom. The highest BCUT2D eigenvalue weighted by Gasteiger charge is 2.34. The number of para-hydroxylation sites is 1. The summed E-state index contributed by atoms with van der Waals surface area (Å²) in [5, 5.41) is 9.16. The molecular formula is C34H32N2O8S. The third-order valence-corrected chi connectivity index (χ3v) is 8.10. The fourth-order valence-corrected chi connectivity index (χ4v) is 6.05. The fraction of sp³-hybridized carbons (Fsp3) is 0.235. The van der Waals surface area contributed by atoms with Crippen LogP contribution in [0.25, 0.3) is 6.08 Å². The normalized spacial score (nSPS) is 14.4. The number of carbonyl (C=O) groups excluding carboxylic acids is 1. The van der Waals surface area contributed by atoms with Crippen LogP contribution >= 0.6 is 11.3 Å². The van der Waals surface area contributed by atoms with Gasteiger partial charge in [-0.2, -0.15) is 0 Å². The smallest absolute Gasteiger partial charge is 0.338 e. The molecule has 0 bridgehead atoms. The molecule has 3 aromatic carbocycles. The minimum atomic E-state index is -0.997. The summed E-state index contributed by atoms with van der Waals surface area (Å²) in [4.78, 5) is 43.6. The van der Waals surface area contributed by atoms with E-state index in [1.807, 2.05) is 25.1 Å². The molecule has 0 aliphatic carbocycles. The van der Waals surface area contributed by atoms with Gasteiger partial charge in [-0.25, -0.2) is 14.6 Å². The number of benzene rings is 3. The van der Waals surface area contributed by atoms with Crippen LogP contribution in [0.5, 0.6) is 17.2 Å². The van der Waals surface area contributed by atoms with Crippen molar-refractivity contribution in [3.63, 3.8) is 0 Å². The molecule has 0 spiro atoms. The molecule has 1 aromatic heterocycles. The van der Waals surface area contributed by atoms with Crippen molar-refractivity contribution in [2.24, 2.45) is 4.99 Å². The number of methoxy groups -OCH3 is 1. The molecule has 11 heteroatoms. The number of allylic oxidation sites excluding steroid dienone is 1. The highest BCUT2D eigenvalue weighted by Crippen LogP contribution is 2.36. The van der Waals surface area contributed by atoms with Gasteiger partial charge in [0.25, 0.3) is 5.56 Å². The standard InChI is InChI=1S/C34H32N2O8S/c1-5-42-27-17-24(15-16-26(27)41-4)30-29(33(40)43-6-2)20(3)35-34-36(30)31(37)28(45-34)18-23-9-7-8-10-25(23)44-19-21-11-13-22(14-12-21)32(38)39/h7-18,30H,5-6,19H2,1-4H3,(H,38,39)/b28-18-/t30-/m0/s1. The molecular weight excluding hydrogens is 596 g/mol. The van der Waals surface area contributed by atoms with Crippen molar-refractivity contribution < 1.29 is 33.6 Å². The predicted molar refractivity (Wildman–Crippen MR) is 169 cm³/mol. The van der Waals surface area contributed by atoms with Gasteiger partial charge in [0.05, 0.1) is 47.7 Å². The number of carboxylic acids is 1. The van der Waals surface area contributed by atoms with Gasteiger partial charge < -0.3 is 24.1 Å². The summed E-state index contributed by atoms with van der Waals surface area (Å²) in [6.07, 6.45) is 1.74. The van der Waals surface area contributed by atoms with E-state index in [0.29, 0.717) is 50.0 Å². The monoisotopic (exact) mass is 628 g/mol. The average molecular weight is 629 g/mol. The second-order valence-corrected chi connectivity index (χ2v) is 11.0. The predicted octanol–water partition coefficient (Wildman–Crippen LogP) is 4.48. The number of thiazole rings is 1. The van der Waals surface area contributed by atoms with Gasteiger partial charge in [-0.1, -0.05) is 47.7 Å². The third-order valence-electron chi connectivity index (χ3n) is 7.12. The van der Waals surface area contributed by atoms with E-state index in [-0.39, 0.29) is 29.9 Å². The molecule has 1 aliphatic rings. The van der Waals surface area contributed by atoms with Crippen molar-refractivity contribution in [3.8, 4) is 17.2 Å². The van der Waals surface area contributed by atoms with Crippen molar-refractivity contribution in [1.82, 2.24) is 4.57 Å². The lowest BCUT2D eigenvalue weighted by Gasteiger charge is -2.25. The van der Waals surface area contributed by atoms with Crippen LogP contribution in [0, 0.1) is 0 Å². The Bertz CT molecular complexity index is 1960. The number of hydrogen-bond acceptors (Lipinski definition) is 9. The summed E-state index contributed by atoms with van der Waals surface area (Å²) in [5.74, 6) is 0.00819. The number of esters is 1. The molecule has 0 radical (unpaired) electrons. The van der Waals surface area contributed by atoms with Crippen molar-refractivity contribution in [3.05, 3.63) is 120 Å². The maximum Gasteiger partial charge on any atom is 0.338 e. The largest absolute Gasteiger partial charge is 0.493 e. The molecule has 232 valence electrons. The number of aromatic carboxylic acids is 1. The lowest BCUT2D eigenvalue weighted by Crippen LogP contribution is -2.40. The van der Waals surface area contributed by atoms with Gasteiger partial charge in [-0.15, -0.1) is 0 Å². The van der Waals surface area contributed by atoms with E-state index < -0.39 is 18.0 Å². The van der Waals surface area contributed by atoms with Gasteiger partial charge in [0, 0.05) is 5.56 Å². The van der Waals surface area contributed by atoms with Crippen LogP contribution in [0.15, 0.2) is 87.8 Å². The second kappa shape index (κ2) is 13.6. The summed E-state index contributed by atoms with van der Waals surface area (Å²) in [6, 6.07) is 18.3. The van der Waals surface area contributed by atoms with Crippen molar-refractivity contribution >= 4 is 29.4 Å².